The molecule has 0 fully saturated rings. The number of esters is 1. The van der Waals surface area contributed by atoms with Crippen molar-refractivity contribution in [2.75, 3.05) is 29.5 Å². The minimum atomic E-state index is -3.65. The zero-order valence-corrected chi connectivity index (χ0v) is 18.9. The van der Waals surface area contributed by atoms with Crippen LogP contribution in [-0.4, -0.2) is 46.3 Å². The average Bonchev–Trinajstić information content (AvgIpc) is 2.70. The number of rotatable bonds is 4. The van der Waals surface area contributed by atoms with Crippen LogP contribution in [0.3, 0.4) is 0 Å². The average molecular weight is 447 g/mol. The number of sulfonamides is 1. The fraction of sp³-hybridized carbons (Fsp3) is 0.364. The number of benzene rings is 2. The number of nitrogens with zero attached hydrogens (tertiary/aromatic N) is 1. The van der Waals surface area contributed by atoms with Gasteiger partial charge in [0.1, 0.15) is 5.75 Å². The SMILES string of the molecule is COC(=O)c1cccc(NC(=O)[C@H]2CN(S(C)(=O)=O)c3cc(C(C)(C)C)ccc3O2)c1. The number of amides is 1. The summed E-state index contributed by atoms with van der Waals surface area (Å²) in [5.41, 5.74) is 1.83. The van der Waals surface area contributed by atoms with Gasteiger partial charge in [0, 0.05) is 5.69 Å². The molecule has 0 saturated heterocycles. The summed E-state index contributed by atoms with van der Waals surface area (Å²) in [5.74, 6) is -0.744. The van der Waals surface area contributed by atoms with Crippen LogP contribution in [0.2, 0.25) is 0 Å². The molecule has 0 saturated carbocycles. The molecule has 1 atom stereocenters. The highest BCUT2D eigenvalue weighted by atomic mass is 32.2. The predicted molar refractivity (Wildman–Crippen MR) is 118 cm³/mol. The van der Waals surface area contributed by atoms with E-state index in [-0.39, 0.29) is 17.5 Å². The molecule has 0 unspecified atom stereocenters. The van der Waals surface area contributed by atoms with Crippen LogP contribution in [0.4, 0.5) is 11.4 Å². The first kappa shape index (κ1) is 22.6. The van der Waals surface area contributed by atoms with E-state index in [0.29, 0.717) is 17.1 Å². The molecule has 0 aliphatic carbocycles. The summed E-state index contributed by atoms with van der Waals surface area (Å²) in [6.45, 7) is 5.92. The van der Waals surface area contributed by atoms with Crippen LogP contribution in [0.1, 0.15) is 36.7 Å². The van der Waals surface area contributed by atoms with Crippen molar-refractivity contribution < 1.29 is 27.5 Å². The number of carbonyl (C=O) groups excluding carboxylic acids is 2. The van der Waals surface area contributed by atoms with Crippen LogP contribution in [0, 0.1) is 0 Å². The molecule has 9 heteroatoms. The lowest BCUT2D eigenvalue weighted by atomic mass is 9.86. The van der Waals surface area contributed by atoms with Gasteiger partial charge in [0.2, 0.25) is 10.0 Å². The second-order valence-corrected chi connectivity index (χ2v) is 10.3. The van der Waals surface area contributed by atoms with Gasteiger partial charge in [-0.25, -0.2) is 13.2 Å². The van der Waals surface area contributed by atoms with E-state index in [2.05, 4.69) is 10.1 Å². The normalized spacial score (nSPS) is 16.2. The number of hydrogen-bond acceptors (Lipinski definition) is 6. The third-order valence-corrected chi connectivity index (χ3v) is 6.08. The maximum Gasteiger partial charge on any atom is 0.337 e. The molecule has 0 spiro atoms. The molecule has 0 bridgehead atoms. The number of carbonyl (C=O) groups is 2. The first-order valence-corrected chi connectivity index (χ1v) is 11.5. The Balaban J connectivity index is 1.89. The largest absolute Gasteiger partial charge is 0.476 e. The molecule has 1 aliphatic heterocycles. The molecule has 3 rings (SSSR count). The molecule has 1 aliphatic rings. The van der Waals surface area contributed by atoms with Crippen molar-refractivity contribution in [3.8, 4) is 5.75 Å². The molecule has 2 aromatic carbocycles. The first-order valence-electron chi connectivity index (χ1n) is 9.68. The molecule has 166 valence electrons. The standard InChI is InChI=1S/C22H26N2O6S/c1-22(2,3)15-9-10-18-17(12-15)24(31(5,27)28)13-19(30-18)20(25)23-16-8-6-7-14(11-16)21(26)29-4/h6-12,19H,13H2,1-5H3,(H,23,25)/t19-/m1/s1. The van der Waals surface area contributed by atoms with Crippen molar-refractivity contribution in [1.82, 2.24) is 0 Å². The van der Waals surface area contributed by atoms with Gasteiger partial charge in [0.25, 0.3) is 5.91 Å². The van der Waals surface area contributed by atoms with E-state index >= 15 is 0 Å². The quantitative estimate of drug-likeness (QED) is 0.725. The summed E-state index contributed by atoms with van der Waals surface area (Å²) in [7, 11) is -2.38. The van der Waals surface area contributed by atoms with Crippen molar-refractivity contribution >= 4 is 33.3 Å². The summed E-state index contributed by atoms with van der Waals surface area (Å²) >= 11 is 0. The summed E-state index contributed by atoms with van der Waals surface area (Å²) in [5, 5.41) is 2.68. The molecule has 1 heterocycles. The Hall–Kier alpha value is -3.07. The number of fused-ring (bicyclic) bond motifs is 1. The predicted octanol–water partition coefficient (Wildman–Crippen LogP) is 2.94. The molecule has 8 nitrogen and oxygen atoms in total. The first-order chi connectivity index (χ1) is 14.4. The molecule has 2 aromatic rings. The van der Waals surface area contributed by atoms with Crippen molar-refractivity contribution in [3.63, 3.8) is 0 Å². The van der Waals surface area contributed by atoms with Crippen LogP contribution in [-0.2, 0) is 25.0 Å². The Kier molecular flexibility index (Phi) is 6.00. The van der Waals surface area contributed by atoms with E-state index in [1.54, 1.807) is 30.3 Å². The highest BCUT2D eigenvalue weighted by molar-refractivity contribution is 7.92. The Morgan fingerprint density at radius 3 is 2.48 bits per heavy atom. The maximum atomic E-state index is 12.9. The maximum absolute atomic E-state index is 12.9. The van der Waals surface area contributed by atoms with Gasteiger partial charge in [-0.2, -0.15) is 0 Å². The number of hydrogen-bond donors (Lipinski definition) is 1. The summed E-state index contributed by atoms with van der Waals surface area (Å²) < 4.78 is 36.7. The van der Waals surface area contributed by atoms with Crippen LogP contribution in [0.5, 0.6) is 5.75 Å². The molecule has 0 aromatic heterocycles. The highest BCUT2D eigenvalue weighted by Crippen LogP contribution is 2.38. The number of ether oxygens (including phenoxy) is 2. The Labute approximate surface area is 182 Å². The monoisotopic (exact) mass is 446 g/mol. The van der Waals surface area contributed by atoms with E-state index in [1.165, 1.54) is 17.5 Å². The molecule has 1 N–H and O–H groups in total. The topological polar surface area (TPSA) is 102 Å². The molecule has 0 radical (unpaired) electrons. The summed E-state index contributed by atoms with van der Waals surface area (Å²) in [6.07, 6.45) is 0.0326. The van der Waals surface area contributed by atoms with Crippen LogP contribution < -0.4 is 14.4 Å². The lowest BCUT2D eigenvalue weighted by Gasteiger charge is -2.35. The zero-order chi connectivity index (χ0) is 23.0. The fourth-order valence-corrected chi connectivity index (χ4v) is 4.14. The third kappa shape index (κ3) is 4.99. The van der Waals surface area contributed by atoms with Gasteiger partial charge < -0.3 is 14.8 Å². The Morgan fingerprint density at radius 1 is 1.16 bits per heavy atom. The second kappa shape index (κ2) is 8.22. The number of anilines is 2. The van der Waals surface area contributed by atoms with Crippen LogP contribution in [0.25, 0.3) is 0 Å². The Bertz CT molecular complexity index is 1120. The van der Waals surface area contributed by atoms with Gasteiger partial charge in [0.05, 0.1) is 31.2 Å². The van der Waals surface area contributed by atoms with Crippen molar-refractivity contribution in [1.29, 1.82) is 0 Å². The molecular formula is C22H26N2O6S. The van der Waals surface area contributed by atoms with Gasteiger partial charge in [-0.1, -0.05) is 32.9 Å². The van der Waals surface area contributed by atoms with E-state index in [1.807, 2.05) is 26.8 Å². The van der Waals surface area contributed by atoms with Gasteiger partial charge >= 0.3 is 5.97 Å². The van der Waals surface area contributed by atoms with Gasteiger partial charge in [0.15, 0.2) is 6.10 Å². The zero-order valence-electron chi connectivity index (χ0n) is 18.1. The molecule has 1 amide bonds. The van der Waals surface area contributed by atoms with Crippen molar-refractivity contribution in [2.45, 2.75) is 32.3 Å². The van der Waals surface area contributed by atoms with Crippen LogP contribution >= 0.6 is 0 Å². The minimum Gasteiger partial charge on any atom is -0.476 e. The summed E-state index contributed by atoms with van der Waals surface area (Å²) in [4.78, 5) is 24.6. The smallest absolute Gasteiger partial charge is 0.337 e. The van der Waals surface area contributed by atoms with Gasteiger partial charge in [-0.3, -0.25) is 9.10 Å². The van der Waals surface area contributed by atoms with Crippen LogP contribution in [0.15, 0.2) is 42.5 Å². The van der Waals surface area contributed by atoms with E-state index in [9.17, 15) is 18.0 Å². The van der Waals surface area contributed by atoms with Crippen molar-refractivity contribution in [3.05, 3.63) is 53.6 Å². The molecular weight excluding hydrogens is 420 g/mol. The van der Waals surface area contributed by atoms with E-state index in [4.69, 9.17) is 4.74 Å². The molecule has 31 heavy (non-hydrogen) atoms. The number of nitrogens with one attached hydrogen (secondary N) is 1. The van der Waals surface area contributed by atoms with E-state index in [0.717, 1.165) is 11.8 Å². The van der Waals surface area contributed by atoms with Gasteiger partial charge in [-0.15, -0.1) is 0 Å². The lowest BCUT2D eigenvalue weighted by Crippen LogP contribution is -2.48. The highest BCUT2D eigenvalue weighted by Gasteiger charge is 2.36. The van der Waals surface area contributed by atoms with Crippen molar-refractivity contribution in [2.24, 2.45) is 0 Å². The van der Waals surface area contributed by atoms with E-state index < -0.39 is 28.0 Å². The third-order valence-electron chi connectivity index (χ3n) is 4.94. The Morgan fingerprint density at radius 2 is 1.87 bits per heavy atom. The number of methoxy groups -OCH3 is 1. The van der Waals surface area contributed by atoms with Gasteiger partial charge in [-0.05, 0) is 41.3 Å². The summed E-state index contributed by atoms with van der Waals surface area (Å²) in [6, 6.07) is 11.6. The minimum absolute atomic E-state index is 0.165. The second-order valence-electron chi connectivity index (χ2n) is 8.39. The fourth-order valence-electron chi connectivity index (χ4n) is 3.23. The lowest BCUT2D eigenvalue weighted by molar-refractivity contribution is -0.122.